The van der Waals surface area contributed by atoms with E-state index < -0.39 is 0 Å². The Labute approximate surface area is 170 Å². The molecule has 1 aliphatic rings. The summed E-state index contributed by atoms with van der Waals surface area (Å²) in [5, 5.41) is 6.72. The molecule has 0 spiro atoms. The lowest BCUT2D eigenvalue weighted by atomic mass is 10.3. The summed E-state index contributed by atoms with van der Waals surface area (Å²) in [4.78, 5) is 30.5. The van der Waals surface area contributed by atoms with Crippen molar-refractivity contribution in [3.05, 3.63) is 24.4 Å². The number of nitrogens with zero attached hydrogens (tertiary/aromatic N) is 2. The third kappa shape index (κ3) is 8.53. The van der Waals surface area contributed by atoms with Crippen LogP contribution in [0, 0.1) is 0 Å². The van der Waals surface area contributed by atoms with E-state index in [4.69, 9.17) is 0 Å². The van der Waals surface area contributed by atoms with Gasteiger partial charge in [-0.25, -0.2) is 4.98 Å². The van der Waals surface area contributed by atoms with Gasteiger partial charge in [0.2, 0.25) is 11.8 Å². The van der Waals surface area contributed by atoms with Crippen molar-refractivity contribution in [2.45, 2.75) is 56.6 Å². The summed E-state index contributed by atoms with van der Waals surface area (Å²) in [6, 6.07) is 6.71. The lowest BCUT2D eigenvalue weighted by Gasteiger charge is -2.38. The van der Waals surface area contributed by atoms with E-state index in [-0.39, 0.29) is 11.8 Å². The molecule has 2 amide bonds. The first-order valence-corrected chi connectivity index (χ1v) is 11.9. The van der Waals surface area contributed by atoms with Crippen LogP contribution in [-0.2, 0) is 9.59 Å². The molecule has 0 unspecified atom stereocenters. The Bertz CT molecular complexity index is 578. The second-order valence-corrected chi connectivity index (χ2v) is 9.26. The second kappa shape index (κ2) is 12.3. The molecule has 27 heavy (non-hydrogen) atoms. The topological polar surface area (TPSA) is 74.3 Å². The summed E-state index contributed by atoms with van der Waals surface area (Å²) < 4.78 is 0. The van der Waals surface area contributed by atoms with Crippen LogP contribution < -0.4 is 10.6 Å². The molecule has 2 N–H and O–H groups in total. The highest BCUT2D eigenvalue weighted by molar-refractivity contribution is 8.76. The van der Waals surface area contributed by atoms with Crippen molar-refractivity contribution in [1.29, 1.82) is 0 Å². The van der Waals surface area contributed by atoms with Crippen molar-refractivity contribution in [3.63, 3.8) is 0 Å². The molecular formula is C19H30N4O2S2. The van der Waals surface area contributed by atoms with Crippen LogP contribution in [0.4, 0.5) is 0 Å². The second-order valence-electron chi connectivity index (χ2n) is 6.82. The molecule has 1 fully saturated rings. The number of hydrogen-bond donors (Lipinski definition) is 2. The normalized spacial score (nSPS) is 20.2. The van der Waals surface area contributed by atoms with Gasteiger partial charge < -0.3 is 10.6 Å². The van der Waals surface area contributed by atoms with Crippen molar-refractivity contribution in [3.8, 4) is 0 Å². The van der Waals surface area contributed by atoms with Crippen molar-refractivity contribution >= 4 is 33.4 Å². The van der Waals surface area contributed by atoms with E-state index >= 15 is 0 Å². The minimum absolute atomic E-state index is 0.00529. The van der Waals surface area contributed by atoms with Crippen LogP contribution in [0.3, 0.4) is 0 Å². The summed E-state index contributed by atoms with van der Waals surface area (Å²) in [5.41, 5.74) is 0. The first-order valence-electron chi connectivity index (χ1n) is 9.56. The number of rotatable bonds is 10. The molecule has 0 bridgehead atoms. The van der Waals surface area contributed by atoms with Gasteiger partial charge in [-0.1, -0.05) is 23.3 Å². The quantitative estimate of drug-likeness (QED) is 0.265. The van der Waals surface area contributed by atoms with Gasteiger partial charge in [-0.05, 0) is 49.6 Å². The lowest BCUT2D eigenvalue weighted by molar-refractivity contribution is -0.124. The Kier molecular flexibility index (Phi) is 10.0. The Morgan fingerprint density at radius 3 is 2.59 bits per heavy atom. The number of carbonyl (C=O) groups excluding carboxylic acids is 2. The van der Waals surface area contributed by atoms with Crippen LogP contribution in [0.2, 0.25) is 0 Å². The maximum Gasteiger partial charge on any atom is 0.234 e. The Morgan fingerprint density at radius 1 is 1.15 bits per heavy atom. The fourth-order valence-electron chi connectivity index (χ4n) is 3.14. The molecule has 0 aromatic carbocycles. The van der Waals surface area contributed by atoms with Crippen LogP contribution in [0.5, 0.6) is 0 Å². The minimum atomic E-state index is -0.0292. The summed E-state index contributed by atoms with van der Waals surface area (Å²) in [6.45, 7) is 5.78. The zero-order valence-corrected chi connectivity index (χ0v) is 17.8. The highest BCUT2D eigenvalue weighted by Gasteiger charge is 2.26. The average Bonchev–Trinajstić information content (AvgIpc) is 2.65. The van der Waals surface area contributed by atoms with E-state index in [1.165, 1.54) is 6.42 Å². The van der Waals surface area contributed by atoms with E-state index in [2.05, 4.69) is 34.4 Å². The minimum Gasteiger partial charge on any atom is -0.355 e. The smallest absolute Gasteiger partial charge is 0.234 e. The van der Waals surface area contributed by atoms with Gasteiger partial charge in [0.15, 0.2) is 0 Å². The number of amides is 2. The molecule has 0 aliphatic carbocycles. The first-order chi connectivity index (χ1) is 13.1. The summed E-state index contributed by atoms with van der Waals surface area (Å²) in [5.74, 6) is 0.786. The Morgan fingerprint density at radius 2 is 1.89 bits per heavy atom. The fraction of sp³-hybridized carbons (Fsp3) is 0.632. The third-order valence-electron chi connectivity index (χ3n) is 4.67. The van der Waals surface area contributed by atoms with Crippen molar-refractivity contribution in [2.75, 3.05) is 25.4 Å². The van der Waals surface area contributed by atoms with Gasteiger partial charge in [0.1, 0.15) is 5.03 Å². The van der Waals surface area contributed by atoms with Gasteiger partial charge in [0.05, 0.1) is 6.54 Å². The van der Waals surface area contributed by atoms with E-state index in [0.717, 1.165) is 23.6 Å². The van der Waals surface area contributed by atoms with Gasteiger partial charge in [-0.3, -0.25) is 14.5 Å². The molecule has 2 heterocycles. The summed E-state index contributed by atoms with van der Waals surface area (Å²) >= 11 is 0. The Balaban J connectivity index is 1.50. The maximum absolute atomic E-state index is 12.1. The monoisotopic (exact) mass is 415 g/mol. The summed E-state index contributed by atoms with van der Waals surface area (Å²) in [7, 11) is 3.26. The zero-order chi connectivity index (χ0) is 19.5. The van der Waals surface area contributed by atoms with Crippen LogP contribution in [0.1, 0.15) is 39.5 Å². The number of aromatic nitrogens is 1. The molecule has 1 aromatic heterocycles. The van der Waals surface area contributed by atoms with Gasteiger partial charge in [0, 0.05) is 43.5 Å². The SMILES string of the molecule is [13CH3][13C@@H]1CCC[13C@H]([13CH3])[15N]1CC(=O)NCCC(=O)NCCSSc1ccccn1. The Hall–Kier alpha value is -1.25. The predicted octanol–water partition coefficient (Wildman–Crippen LogP) is 2.71. The van der Waals surface area contributed by atoms with Crippen LogP contribution in [0.25, 0.3) is 0 Å². The molecule has 1 aromatic rings. The molecule has 2 atom stereocenters. The summed E-state index contributed by atoms with van der Waals surface area (Å²) in [6.07, 6.45) is 5.62. The molecule has 6 nitrogen and oxygen atoms in total. The molecule has 1 aliphatic heterocycles. The fourth-order valence-corrected chi connectivity index (χ4v) is 4.93. The zero-order valence-electron chi connectivity index (χ0n) is 16.1. The van der Waals surface area contributed by atoms with Crippen LogP contribution >= 0.6 is 21.6 Å². The van der Waals surface area contributed by atoms with Gasteiger partial charge in [-0.15, -0.1) is 0 Å². The molecule has 0 saturated carbocycles. The molecule has 8 heteroatoms. The van der Waals surface area contributed by atoms with E-state index in [9.17, 15) is 9.59 Å². The predicted molar refractivity (Wildman–Crippen MR) is 113 cm³/mol. The highest BCUT2D eigenvalue weighted by atomic mass is 33.1. The third-order valence-corrected chi connectivity index (χ3v) is 6.93. The van der Waals surface area contributed by atoms with Gasteiger partial charge >= 0.3 is 0 Å². The molecule has 2 rings (SSSR count). The lowest BCUT2D eigenvalue weighted by Crippen LogP contribution is -2.49. The maximum atomic E-state index is 12.1. The molecule has 0 radical (unpaired) electrons. The van der Waals surface area contributed by atoms with Crippen molar-refractivity contribution in [2.24, 2.45) is 0 Å². The average molecular weight is 416 g/mol. The largest absolute Gasteiger partial charge is 0.355 e. The van der Waals surface area contributed by atoms with Gasteiger partial charge in [0.25, 0.3) is 0 Å². The van der Waals surface area contributed by atoms with Crippen molar-refractivity contribution < 1.29 is 9.59 Å². The molecule has 150 valence electrons. The van der Waals surface area contributed by atoms with E-state index in [1.807, 2.05) is 18.2 Å². The highest BCUT2D eigenvalue weighted by Crippen LogP contribution is 2.28. The number of piperidine rings is 1. The van der Waals surface area contributed by atoms with Crippen LogP contribution in [-0.4, -0.2) is 59.2 Å². The van der Waals surface area contributed by atoms with Crippen LogP contribution in [0.15, 0.2) is 29.4 Å². The number of hydrogen-bond acceptors (Lipinski definition) is 6. The van der Waals surface area contributed by atoms with Crippen molar-refractivity contribution in [1.82, 2.24) is 20.5 Å². The number of likely N-dealkylation sites (tertiary alicyclic amines) is 1. The number of nitrogens with one attached hydrogen (secondary N) is 2. The number of pyridine rings is 1. The first kappa shape index (κ1) is 22.0. The van der Waals surface area contributed by atoms with E-state index in [1.54, 1.807) is 27.8 Å². The molecule has 1 saturated heterocycles. The van der Waals surface area contributed by atoms with Gasteiger partial charge in [-0.2, -0.15) is 0 Å². The standard InChI is InChI=1S/C19H30N4O2S2/c1-15-6-5-7-16(2)23(15)14-18(25)20-11-9-17(24)21-12-13-26-27-19-8-3-4-10-22-19/h3-4,8,10,15-16H,5-7,9,11-14H2,1-2H3,(H,20,25)(H,21,24)/t15-,16+/i1+1,2+1,15+1,16+1,23+1. The number of carbonyl (C=O) groups is 2. The molecular weight excluding hydrogens is 385 g/mol. The van der Waals surface area contributed by atoms with E-state index in [0.29, 0.717) is 38.1 Å².